The largest absolute Gasteiger partial charge is 0.488 e. The van der Waals surface area contributed by atoms with Crippen molar-refractivity contribution in [2.45, 2.75) is 65.5 Å². The molecule has 4 heterocycles. The van der Waals surface area contributed by atoms with Crippen molar-refractivity contribution in [2.24, 2.45) is 11.3 Å². The topological polar surface area (TPSA) is 75.1 Å². The zero-order chi connectivity index (χ0) is 29.3. The number of carboxylic acids is 1. The maximum absolute atomic E-state index is 11.9. The summed E-state index contributed by atoms with van der Waals surface area (Å²) in [7, 11) is 0. The highest BCUT2D eigenvalue weighted by atomic mass is 32.1. The summed E-state index contributed by atoms with van der Waals surface area (Å²) < 4.78 is 12.1. The van der Waals surface area contributed by atoms with E-state index in [1.165, 1.54) is 16.7 Å². The van der Waals surface area contributed by atoms with Crippen LogP contribution in [0.3, 0.4) is 0 Å². The SMILES string of the molecule is Cc1cccc(-c2csc(N3CC[C@](C)(C(=O)O)[C@@H](C)C3)n2)c1OCc1ccc2c(c1)CCN(C1CCOCC1)CC2. The maximum Gasteiger partial charge on any atom is 0.309 e. The Hall–Kier alpha value is -2.94. The molecule has 3 aliphatic heterocycles. The number of ether oxygens (including phenoxy) is 2. The molecule has 6 rings (SSSR count). The highest BCUT2D eigenvalue weighted by Crippen LogP contribution is 2.41. The van der Waals surface area contributed by atoms with Crippen LogP contribution in [0.5, 0.6) is 5.75 Å². The minimum Gasteiger partial charge on any atom is -0.488 e. The van der Waals surface area contributed by atoms with Crippen molar-refractivity contribution in [3.8, 4) is 17.0 Å². The fourth-order valence-electron chi connectivity index (χ4n) is 6.76. The minimum absolute atomic E-state index is 0.0415. The first kappa shape index (κ1) is 29.1. The summed E-state index contributed by atoms with van der Waals surface area (Å²) in [6.45, 7) is 11.9. The molecule has 8 heteroatoms. The third-order valence-corrected chi connectivity index (χ3v) is 10.8. The van der Waals surface area contributed by atoms with E-state index >= 15 is 0 Å². The monoisotopic (exact) mass is 589 g/mol. The van der Waals surface area contributed by atoms with Crippen LogP contribution in [-0.4, -0.2) is 66.4 Å². The summed E-state index contributed by atoms with van der Waals surface area (Å²) in [5, 5.41) is 12.8. The Morgan fingerprint density at radius 3 is 2.69 bits per heavy atom. The zero-order valence-corrected chi connectivity index (χ0v) is 25.9. The van der Waals surface area contributed by atoms with Crippen LogP contribution in [0.2, 0.25) is 0 Å². The summed E-state index contributed by atoms with van der Waals surface area (Å²) >= 11 is 1.62. The van der Waals surface area contributed by atoms with Gasteiger partial charge in [0.05, 0.1) is 11.1 Å². The zero-order valence-electron chi connectivity index (χ0n) is 25.1. The Morgan fingerprint density at radius 1 is 1.14 bits per heavy atom. The van der Waals surface area contributed by atoms with Gasteiger partial charge in [-0.05, 0) is 80.2 Å². The van der Waals surface area contributed by atoms with Gasteiger partial charge in [0.25, 0.3) is 0 Å². The number of anilines is 1. The van der Waals surface area contributed by atoms with Crippen LogP contribution in [0.25, 0.3) is 11.3 Å². The van der Waals surface area contributed by atoms with Crippen LogP contribution in [0.4, 0.5) is 5.13 Å². The van der Waals surface area contributed by atoms with Gasteiger partial charge in [-0.3, -0.25) is 9.69 Å². The third-order valence-electron chi connectivity index (χ3n) is 9.92. The van der Waals surface area contributed by atoms with E-state index in [9.17, 15) is 9.90 Å². The van der Waals surface area contributed by atoms with E-state index < -0.39 is 11.4 Å². The van der Waals surface area contributed by atoms with Gasteiger partial charge in [-0.2, -0.15) is 0 Å². The fraction of sp³-hybridized carbons (Fsp3) is 0.529. The lowest BCUT2D eigenvalue weighted by atomic mass is 9.73. The van der Waals surface area contributed by atoms with Crippen LogP contribution < -0.4 is 9.64 Å². The van der Waals surface area contributed by atoms with Gasteiger partial charge in [-0.1, -0.05) is 37.3 Å². The molecule has 0 unspecified atom stereocenters. The second kappa shape index (κ2) is 12.3. The van der Waals surface area contributed by atoms with E-state index in [0.717, 1.165) is 79.7 Å². The molecule has 2 atom stereocenters. The van der Waals surface area contributed by atoms with Gasteiger partial charge in [0.2, 0.25) is 0 Å². The fourth-order valence-corrected chi connectivity index (χ4v) is 7.63. The van der Waals surface area contributed by atoms with Gasteiger partial charge in [-0.25, -0.2) is 4.98 Å². The number of thiazole rings is 1. The summed E-state index contributed by atoms with van der Waals surface area (Å²) in [5.74, 6) is 0.211. The number of nitrogens with zero attached hydrogens (tertiary/aromatic N) is 3. The standard InChI is InChI=1S/C34H43N3O4S/c1-23-5-4-6-29(30-22-42-33(35-30)37-16-13-34(3,32(38)39)24(2)20-37)31(23)41-21-25-7-8-26-9-14-36(15-10-27(26)19-25)28-11-17-40-18-12-28/h4-8,19,22,24,28H,9-18,20-21H2,1-3H3,(H,38,39)/t24-,34-/m0/s1. The van der Waals surface area contributed by atoms with Crippen molar-refractivity contribution in [2.75, 3.05) is 44.3 Å². The van der Waals surface area contributed by atoms with Crippen molar-refractivity contribution >= 4 is 22.4 Å². The number of carboxylic acid groups (broad SMARTS) is 1. The van der Waals surface area contributed by atoms with E-state index in [1.54, 1.807) is 11.3 Å². The predicted octanol–water partition coefficient (Wildman–Crippen LogP) is 6.21. The first-order valence-corrected chi connectivity index (χ1v) is 16.3. The molecule has 0 bridgehead atoms. The van der Waals surface area contributed by atoms with E-state index in [4.69, 9.17) is 14.5 Å². The first-order chi connectivity index (χ1) is 20.3. The molecule has 224 valence electrons. The Morgan fingerprint density at radius 2 is 1.93 bits per heavy atom. The number of aromatic nitrogens is 1. The van der Waals surface area contributed by atoms with Gasteiger partial charge in [0, 0.05) is 56.4 Å². The van der Waals surface area contributed by atoms with Crippen LogP contribution in [0, 0.1) is 18.3 Å². The smallest absolute Gasteiger partial charge is 0.309 e. The van der Waals surface area contributed by atoms with Gasteiger partial charge in [0.15, 0.2) is 5.13 Å². The van der Waals surface area contributed by atoms with Crippen LogP contribution in [0.1, 0.15) is 55.4 Å². The quantitative estimate of drug-likeness (QED) is 0.351. The number of para-hydroxylation sites is 1. The number of piperidine rings is 1. The molecule has 0 radical (unpaired) electrons. The second-order valence-electron chi connectivity index (χ2n) is 12.6. The molecule has 0 spiro atoms. The molecule has 42 heavy (non-hydrogen) atoms. The Labute approximate surface area is 253 Å². The summed E-state index contributed by atoms with van der Waals surface area (Å²) in [5.41, 5.74) is 6.43. The van der Waals surface area contributed by atoms with Crippen LogP contribution in [0.15, 0.2) is 41.8 Å². The van der Waals surface area contributed by atoms with Crippen molar-refractivity contribution in [3.05, 3.63) is 64.0 Å². The van der Waals surface area contributed by atoms with Crippen molar-refractivity contribution in [3.63, 3.8) is 0 Å². The third kappa shape index (κ3) is 5.94. The first-order valence-electron chi connectivity index (χ1n) is 15.4. The van der Waals surface area contributed by atoms with Crippen molar-refractivity contribution in [1.29, 1.82) is 0 Å². The lowest BCUT2D eigenvalue weighted by molar-refractivity contribution is -0.152. The minimum atomic E-state index is -0.706. The van der Waals surface area contributed by atoms with E-state index in [-0.39, 0.29) is 5.92 Å². The molecule has 1 N–H and O–H groups in total. The number of aliphatic carboxylic acids is 1. The van der Waals surface area contributed by atoms with E-state index in [0.29, 0.717) is 32.2 Å². The molecule has 2 saturated heterocycles. The molecular formula is C34H43N3O4S. The highest BCUT2D eigenvalue weighted by molar-refractivity contribution is 7.14. The molecule has 0 aliphatic carbocycles. The molecular weight excluding hydrogens is 546 g/mol. The van der Waals surface area contributed by atoms with Gasteiger partial charge in [0.1, 0.15) is 12.4 Å². The van der Waals surface area contributed by atoms with Crippen molar-refractivity contribution < 1.29 is 19.4 Å². The second-order valence-corrected chi connectivity index (χ2v) is 13.4. The molecule has 3 aliphatic rings. The Balaban J connectivity index is 1.14. The highest BCUT2D eigenvalue weighted by Gasteiger charge is 2.43. The average Bonchev–Trinajstić information content (AvgIpc) is 3.39. The predicted molar refractivity (Wildman–Crippen MR) is 168 cm³/mol. The summed E-state index contributed by atoms with van der Waals surface area (Å²) in [6, 6.07) is 13.8. The number of aryl methyl sites for hydroxylation is 1. The molecule has 7 nitrogen and oxygen atoms in total. The van der Waals surface area contributed by atoms with Gasteiger partial charge >= 0.3 is 5.97 Å². The number of hydrogen-bond donors (Lipinski definition) is 1. The number of carbonyl (C=O) groups is 1. The normalized spacial score (nSPS) is 23.8. The lowest BCUT2D eigenvalue weighted by Crippen LogP contribution is -2.48. The molecule has 2 aromatic carbocycles. The Kier molecular flexibility index (Phi) is 8.57. The molecule has 1 aromatic heterocycles. The molecule has 3 aromatic rings. The van der Waals surface area contributed by atoms with Gasteiger partial charge in [-0.15, -0.1) is 11.3 Å². The van der Waals surface area contributed by atoms with Gasteiger partial charge < -0.3 is 19.5 Å². The molecule has 2 fully saturated rings. The van der Waals surface area contributed by atoms with Crippen LogP contribution >= 0.6 is 11.3 Å². The molecule has 0 saturated carbocycles. The Bertz CT molecular complexity index is 1420. The number of rotatable bonds is 7. The van der Waals surface area contributed by atoms with Crippen LogP contribution in [-0.2, 0) is 29.0 Å². The number of benzene rings is 2. The van der Waals surface area contributed by atoms with E-state index in [1.807, 2.05) is 13.8 Å². The lowest BCUT2D eigenvalue weighted by Gasteiger charge is -2.41. The number of hydrogen-bond acceptors (Lipinski definition) is 7. The summed E-state index contributed by atoms with van der Waals surface area (Å²) in [6.07, 6.45) is 5.10. The molecule has 0 amide bonds. The average molecular weight is 590 g/mol. The van der Waals surface area contributed by atoms with Crippen molar-refractivity contribution in [1.82, 2.24) is 9.88 Å². The number of fused-ring (bicyclic) bond motifs is 1. The van der Waals surface area contributed by atoms with E-state index in [2.05, 4.69) is 58.5 Å². The summed E-state index contributed by atoms with van der Waals surface area (Å²) in [4.78, 5) is 21.8. The maximum atomic E-state index is 11.9.